The largest absolute Gasteiger partial charge is 0.135 e. The molecule has 0 aliphatic carbocycles. The lowest BCUT2D eigenvalue weighted by Gasteiger charge is -2.18. The van der Waals surface area contributed by atoms with Crippen molar-refractivity contribution in [2.45, 2.75) is 0 Å². The number of fused-ring (bicyclic) bond motifs is 12. The van der Waals surface area contributed by atoms with Crippen molar-refractivity contribution in [1.82, 2.24) is 0 Å². The van der Waals surface area contributed by atoms with Gasteiger partial charge < -0.3 is 0 Å². The normalized spacial score (nSPS) is 12.0. The van der Waals surface area contributed by atoms with E-state index in [1.165, 1.54) is 118 Å². The van der Waals surface area contributed by atoms with Gasteiger partial charge in [-0.2, -0.15) is 0 Å². The molecule has 0 bridgehead atoms. The molecule has 0 atom stereocenters. The molecule has 1 heteroatoms. The summed E-state index contributed by atoms with van der Waals surface area (Å²) in [6.07, 6.45) is 0. The number of hydrogen-bond donors (Lipinski definition) is 0. The smallest absolute Gasteiger partial charge is 0.0362 e. The van der Waals surface area contributed by atoms with Crippen LogP contribution in [0.2, 0.25) is 0 Å². The van der Waals surface area contributed by atoms with Crippen LogP contribution in [0.25, 0.3) is 118 Å². The molecule has 1 aromatic heterocycles. The molecule has 0 spiro atoms. The summed E-state index contributed by atoms with van der Waals surface area (Å²) in [5, 5.41) is 18.1. The van der Waals surface area contributed by atoms with Gasteiger partial charge in [0.05, 0.1) is 0 Å². The molecule has 0 aliphatic heterocycles. The molecule has 12 aromatic rings. The minimum Gasteiger partial charge on any atom is -0.135 e. The van der Waals surface area contributed by atoms with Gasteiger partial charge in [0.2, 0.25) is 0 Å². The van der Waals surface area contributed by atoms with E-state index in [0.717, 1.165) is 0 Å². The third kappa shape index (κ3) is 4.64. The minimum absolute atomic E-state index is 1.22. The summed E-state index contributed by atoms with van der Waals surface area (Å²) >= 11 is 1.89. The monoisotopic (exact) mass is 712 g/mol. The molecule has 0 aliphatic rings. The molecule has 0 N–H and O–H groups in total. The highest BCUT2D eigenvalue weighted by atomic mass is 32.1. The van der Waals surface area contributed by atoms with Crippen LogP contribution in [0.15, 0.2) is 194 Å². The minimum atomic E-state index is 1.22. The van der Waals surface area contributed by atoms with Gasteiger partial charge in [-0.1, -0.05) is 164 Å². The summed E-state index contributed by atoms with van der Waals surface area (Å²) in [5.74, 6) is 0. The predicted octanol–water partition coefficient (Wildman–Crippen LogP) is 16.0. The molecule has 0 saturated carbocycles. The second-order valence-electron chi connectivity index (χ2n) is 14.8. The van der Waals surface area contributed by atoms with Crippen LogP contribution >= 0.6 is 11.3 Å². The summed E-state index contributed by atoms with van der Waals surface area (Å²) < 4.78 is 2.69. The number of thiophene rings is 1. The van der Waals surface area contributed by atoms with Crippen molar-refractivity contribution >= 4 is 96.1 Å². The second-order valence-corrected chi connectivity index (χ2v) is 15.9. The highest BCUT2D eigenvalue weighted by Gasteiger charge is 2.18. The molecule has 0 saturated heterocycles. The predicted molar refractivity (Wildman–Crippen MR) is 241 cm³/mol. The van der Waals surface area contributed by atoms with Crippen molar-refractivity contribution in [1.29, 1.82) is 0 Å². The number of rotatable bonds is 3. The summed E-state index contributed by atoms with van der Waals surface area (Å²) in [7, 11) is 0. The first-order chi connectivity index (χ1) is 27.3. The van der Waals surface area contributed by atoms with E-state index >= 15 is 0 Å². The fourth-order valence-electron chi connectivity index (χ4n) is 9.28. The van der Waals surface area contributed by atoms with Crippen molar-refractivity contribution in [2.75, 3.05) is 0 Å². The average molecular weight is 713 g/mol. The summed E-state index contributed by atoms with van der Waals surface area (Å²) in [4.78, 5) is 0. The van der Waals surface area contributed by atoms with E-state index in [-0.39, 0.29) is 0 Å². The highest BCUT2D eigenvalue weighted by Crippen LogP contribution is 2.46. The lowest BCUT2D eigenvalue weighted by Crippen LogP contribution is -1.91. The standard InChI is InChI=1S/C54H32S/c1-2-12-36-29-38(26-23-33(36)11-1)54-45-18-7-5-16-43(45)53(44-17-6-8-19-46(44)54)35-24-21-34(22-25-35)37-27-28-41-47(30-37)39-13-3-4-14-40(39)49-32-52-50(31-48(41)49)42-15-9-10-20-51(42)55-52/h1-32H. The zero-order chi connectivity index (χ0) is 36.0. The van der Waals surface area contributed by atoms with E-state index in [2.05, 4.69) is 194 Å². The molecule has 254 valence electrons. The van der Waals surface area contributed by atoms with Gasteiger partial charge in [0.15, 0.2) is 0 Å². The van der Waals surface area contributed by atoms with Gasteiger partial charge >= 0.3 is 0 Å². The first-order valence-corrected chi connectivity index (χ1v) is 19.8. The Balaban J connectivity index is 1.02. The Hall–Kier alpha value is -6.80. The molecule has 0 amide bonds. The molecule has 0 nitrogen and oxygen atoms in total. The Kier molecular flexibility index (Phi) is 6.60. The molecule has 11 aromatic carbocycles. The molecule has 1 heterocycles. The fourth-order valence-corrected chi connectivity index (χ4v) is 10.4. The molecular formula is C54H32S. The van der Waals surface area contributed by atoms with Crippen molar-refractivity contribution in [3.8, 4) is 33.4 Å². The van der Waals surface area contributed by atoms with Crippen LogP contribution in [0.1, 0.15) is 0 Å². The van der Waals surface area contributed by atoms with Gasteiger partial charge in [-0.3, -0.25) is 0 Å². The van der Waals surface area contributed by atoms with Gasteiger partial charge in [-0.25, -0.2) is 0 Å². The van der Waals surface area contributed by atoms with Gasteiger partial charge in [-0.15, -0.1) is 11.3 Å². The Morgan fingerprint density at radius 2 is 0.691 bits per heavy atom. The van der Waals surface area contributed by atoms with E-state index in [1.54, 1.807) is 0 Å². The highest BCUT2D eigenvalue weighted by molar-refractivity contribution is 7.25. The third-order valence-corrected chi connectivity index (χ3v) is 12.9. The van der Waals surface area contributed by atoms with Crippen LogP contribution in [-0.2, 0) is 0 Å². The van der Waals surface area contributed by atoms with E-state index in [4.69, 9.17) is 0 Å². The first kappa shape index (κ1) is 30.6. The fraction of sp³-hybridized carbons (Fsp3) is 0. The number of benzene rings is 11. The summed E-state index contributed by atoms with van der Waals surface area (Å²) in [6, 6.07) is 72.3. The van der Waals surface area contributed by atoms with Gasteiger partial charge in [-0.05, 0) is 128 Å². The van der Waals surface area contributed by atoms with E-state index in [9.17, 15) is 0 Å². The zero-order valence-electron chi connectivity index (χ0n) is 29.9. The van der Waals surface area contributed by atoms with Crippen LogP contribution in [-0.4, -0.2) is 0 Å². The lowest BCUT2D eigenvalue weighted by molar-refractivity contribution is 1.63. The molecule has 12 rings (SSSR count). The average Bonchev–Trinajstić information content (AvgIpc) is 3.62. The Morgan fingerprint density at radius 1 is 0.218 bits per heavy atom. The summed E-state index contributed by atoms with van der Waals surface area (Å²) in [5.41, 5.74) is 7.50. The zero-order valence-corrected chi connectivity index (χ0v) is 30.7. The topological polar surface area (TPSA) is 0 Å². The lowest BCUT2D eigenvalue weighted by atomic mass is 9.85. The van der Waals surface area contributed by atoms with Crippen molar-refractivity contribution in [3.05, 3.63) is 194 Å². The quantitative estimate of drug-likeness (QED) is 0.126. The maximum atomic E-state index is 2.44. The van der Waals surface area contributed by atoms with E-state index in [0.29, 0.717) is 0 Å². The molecule has 0 unspecified atom stereocenters. The first-order valence-electron chi connectivity index (χ1n) is 19.0. The Labute approximate surface area is 322 Å². The van der Waals surface area contributed by atoms with Crippen molar-refractivity contribution in [3.63, 3.8) is 0 Å². The van der Waals surface area contributed by atoms with Crippen LogP contribution < -0.4 is 0 Å². The van der Waals surface area contributed by atoms with Crippen molar-refractivity contribution in [2.24, 2.45) is 0 Å². The summed E-state index contributed by atoms with van der Waals surface area (Å²) in [6.45, 7) is 0. The number of hydrogen-bond acceptors (Lipinski definition) is 1. The van der Waals surface area contributed by atoms with Crippen LogP contribution in [0.5, 0.6) is 0 Å². The van der Waals surface area contributed by atoms with Gasteiger partial charge in [0, 0.05) is 20.2 Å². The second kappa shape index (κ2) is 11.9. The molecule has 0 fully saturated rings. The molecular weight excluding hydrogens is 681 g/mol. The Bertz CT molecular complexity index is 3470. The molecule has 0 radical (unpaired) electrons. The maximum Gasteiger partial charge on any atom is 0.0362 e. The van der Waals surface area contributed by atoms with Crippen LogP contribution in [0.4, 0.5) is 0 Å². The van der Waals surface area contributed by atoms with E-state index in [1.807, 2.05) is 11.3 Å². The third-order valence-electron chi connectivity index (χ3n) is 11.8. The Morgan fingerprint density at radius 3 is 1.38 bits per heavy atom. The van der Waals surface area contributed by atoms with Crippen LogP contribution in [0.3, 0.4) is 0 Å². The van der Waals surface area contributed by atoms with E-state index < -0.39 is 0 Å². The van der Waals surface area contributed by atoms with Crippen molar-refractivity contribution < 1.29 is 0 Å². The molecule has 55 heavy (non-hydrogen) atoms. The maximum absolute atomic E-state index is 2.44. The van der Waals surface area contributed by atoms with Gasteiger partial charge in [0.25, 0.3) is 0 Å². The van der Waals surface area contributed by atoms with Crippen LogP contribution in [0, 0.1) is 0 Å². The van der Waals surface area contributed by atoms with Gasteiger partial charge in [0.1, 0.15) is 0 Å². The SMILES string of the molecule is c1ccc2cc(-c3c4ccccc4c(-c4ccc(-c5ccc6c(c5)c5ccccc5c5cc7sc8ccccc8c7cc65)cc4)c4ccccc34)ccc2c1.